The maximum absolute atomic E-state index is 13.5. The Morgan fingerprint density at radius 3 is 1.10 bits per heavy atom. The zero-order chi connectivity index (χ0) is 73.4. The highest BCUT2D eigenvalue weighted by molar-refractivity contribution is 9.09. The lowest BCUT2D eigenvalue weighted by Gasteiger charge is -2.38. The number of para-hydroxylation sites is 6. The zero-order valence-electron chi connectivity index (χ0n) is 59.9. The Bertz CT molecular complexity index is 3440. The van der Waals surface area contributed by atoms with Crippen LogP contribution in [0.2, 0.25) is 0 Å². The monoisotopic (exact) mass is 1450 g/mol. The summed E-state index contributed by atoms with van der Waals surface area (Å²) in [7, 11) is 0. The number of benzene rings is 6. The van der Waals surface area contributed by atoms with Crippen molar-refractivity contribution in [3.05, 3.63) is 181 Å². The third-order valence-electron chi connectivity index (χ3n) is 17.4. The summed E-state index contributed by atoms with van der Waals surface area (Å²) in [5.41, 5.74) is 5.93. The molecule has 0 bridgehead atoms. The van der Waals surface area contributed by atoms with Gasteiger partial charge in [0.2, 0.25) is 17.7 Å². The summed E-state index contributed by atoms with van der Waals surface area (Å²) in [4.78, 5) is 77.7. The van der Waals surface area contributed by atoms with Gasteiger partial charge in [-0.2, -0.15) is 0 Å². The van der Waals surface area contributed by atoms with E-state index in [9.17, 15) is 37.5 Å². The highest BCUT2D eigenvalue weighted by atomic mass is 79.9. The van der Waals surface area contributed by atoms with Gasteiger partial charge in [0, 0.05) is 71.6 Å². The van der Waals surface area contributed by atoms with Gasteiger partial charge in [0.1, 0.15) is 17.8 Å². The van der Waals surface area contributed by atoms with Crippen molar-refractivity contribution in [3.63, 3.8) is 0 Å². The van der Waals surface area contributed by atoms with Crippen molar-refractivity contribution in [1.29, 1.82) is 0 Å². The summed E-state index contributed by atoms with van der Waals surface area (Å²) in [5.74, 6) is -0.617. The van der Waals surface area contributed by atoms with E-state index in [4.69, 9.17) is 29.8 Å². The summed E-state index contributed by atoms with van der Waals surface area (Å²) < 4.78 is 47.5. The second kappa shape index (κ2) is 40.0. The first-order chi connectivity index (χ1) is 47.3. The van der Waals surface area contributed by atoms with Crippen LogP contribution in [0, 0.1) is 33.3 Å². The van der Waals surface area contributed by atoms with E-state index in [0.29, 0.717) is 76.2 Å². The van der Waals surface area contributed by atoms with Crippen LogP contribution in [0.3, 0.4) is 0 Å². The lowest BCUT2D eigenvalue weighted by molar-refractivity contribution is -0.150. The van der Waals surface area contributed by atoms with Crippen LogP contribution in [-0.4, -0.2) is 144 Å². The van der Waals surface area contributed by atoms with Gasteiger partial charge in [0.15, 0.2) is 23.1 Å². The number of hydrogen-bond acceptors (Lipinski definition) is 13. The molecule has 4 heterocycles. The molecule has 0 radical (unpaired) electrons. The van der Waals surface area contributed by atoms with Crippen LogP contribution in [-0.2, 0) is 28.7 Å². The Morgan fingerprint density at radius 2 is 0.780 bits per heavy atom. The van der Waals surface area contributed by atoms with Crippen molar-refractivity contribution in [2.24, 2.45) is 21.7 Å². The van der Waals surface area contributed by atoms with E-state index in [1.54, 1.807) is 53.1 Å². The molecule has 0 aromatic heterocycles. The number of amides is 5. The molecule has 4 aliphatic heterocycles. The number of carbonyl (C=O) groups excluding carboxylic acids is 5. The number of nitrogens with one attached hydrogen (secondary N) is 4. The number of carboxylic acids is 1. The molecule has 5 amide bonds. The number of nitrogens with two attached hydrogens (primary N) is 1. The number of piperidine rings is 4. The lowest BCUT2D eigenvalue weighted by Crippen LogP contribution is -2.48. The van der Waals surface area contributed by atoms with Crippen LogP contribution in [0.5, 0.6) is 11.5 Å². The van der Waals surface area contributed by atoms with E-state index in [-0.39, 0.29) is 58.1 Å². The summed E-state index contributed by atoms with van der Waals surface area (Å²) in [6, 6.07) is 50.9. The molecule has 6 aromatic rings. The van der Waals surface area contributed by atoms with Gasteiger partial charge in [-0.25, -0.2) is 18.4 Å². The fraction of sp³-hybridized carbons (Fsp3) is 0.462. The molecule has 4 aliphatic rings. The highest BCUT2D eigenvalue weighted by Crippen LogP contribution is 2.36. The first-order valence-corrected chi connectivity index (χ1v) is 35.3. The smallest absolute Gasteiger partial charge is 0.410 e. The van der Waals surface area contributed by atoms with E-state index < -0.39 is 28.0 Å². The number of hydrogen-bond donors (Lipinski definition) is 6. The third-order valence-corrected chi connectivity index (χ3v) is 17.8. The average molecular weight is 1450 g/mol. The van der Waals surface area contributed by atoms with Crippen molar-refractivity contribution < 1.29 is 61.6 Å². The van der Waals surface area contributed by atoms with E-state index in [2.05, 4.69) is 42.1 Å². The SMILES string of the molecule is CC(C)(C)OC(=O)N1CCC(C)(C(=O)Nc2ccccc2)CC1.CC(C)(C)OC(=O)N1CCC(C)(C(=O)O)CC1.CC1(C(=O)Nc2ccccc2)CCN(CCOc2ccccc2F)CC1.CC1(C(=O)Nc2ccccc2)CCNCC1.Fc1ccccc1OCCBr.Nc1ccccc1. The number of ether oxygens (including phenoxy) is 4. The van der Waals surface area contributed by atoms with Gasteiger partial charge in [-0.05, 0) is 199 Å². The molecular formula is C78H105BrF2N8O11. The van der Waals surface area contributed by atoms with Gasteiger partial charge in [-0.1, -0.05) is 134 Å². The van der Waals surface area contributed by atoms with Crippen LogP contribution >= 0.6 is 15.9 Å². The minimum Gasteiger partial charge on any atom is -0.490 e. The standard InChI is InChI=1S/C21H25FN2O2.C18H26N2O3.C13H18N2O.C12H21NO4.C8H8BrFO.C6H7N/c1-21(20(25)23-17-7-3-2-4-8-17)11-13-24(14-12-21)15-16-26-19-10-6-5-9-18(19)22;1-17(2,3)23-16(22)20-12-10-18(4,11-13-20)15(21)19-14-8-6-5-7-9-14;1-13(7-9-14-10-8-13)12(16)15-11-5-3-2-4-6-11;1-11(2,3)17-10(16)13-7-5-12(4,6-8-13)9(14)15;9-5-6-11-8-4-2-1-3-7(8)10;7-6-4-2-1-3-5-6/h2-10H,11-16H2,1H3,(H,23,25);5-9H,10-13H2,1-4H3,(H,19,21);2-6,14H,7-10H2,1H3,(H,15,16);5-8H2,1-4H3,(H,14,15);1-4H,5-6H2;1-5H,7H2. The molecule has 22 heteroatoms. The second-order valence-corrected chi connectivity index (χ2v) is 29.0. The van der Waals surface area contributed by atoms with E-state index in [1.165, 1.54) is 12.1 Å². The topological polar surface area (TPSA) is 243 Å². The normalized spacial score (nSPS) is 16.5. The number of rotatable bonds is 14. The molecule has 4 fully saturated rings. The van der Waals surface area contributed by atoms with Gasteiger partial charge in [-0.3, -0.25) is 24.1 Å². The lowest BCUT2D eigenvalue weighted by atomic mass is 9.79. The Hall–Kier alpha value is -8.60. The minimum atomic E-state index is -0.790. The van der Waals surface area contributed by atoms with Crippen LogP contribution < -0.4 is 36.5 Å². The zero-order valence-corrected chi connectivity index (χ0v) is 61.5. The Morgan fingerprint density at radius 1 is 0.470 bits per heavy atom. The molecule has 544 valence electrons. The van der Waals surface area contributed by atoms with E-state index in [0.717, 1.165) is 81.2 Å². The van der Waals surface area contributed by atoms with Crippen molar-refractivity contribution in [2.45, 2.75) is 132 Å². The number of nitrogen functional groups attached to an aromatic ring is 1. The molecule has 19 nitrogen and oxygen atoms in total. The first kappa shape index (κ1) is 82.1. The number of aliphatic carboxylic acids is 1. The fourth-order valence-electron chi connectivity index (χ4n) is 10.6. The van der Waals surface area contributed by atoms with Gasteiger partial charge in [0.25, 0.3) is 0 Å². The molecular weight excluding hydrogens is 1340 g/mol. The Labute approximate surface area is 598 Å². The van der Waals surface area contributed by atoms with Crippen LogP contribution in [0.15, 0.2) is 170 Å². The van der Waals surface area contributed by atoms with Crippen LogP contribution in [0.25, 0.3) is 0 Å². The number of nitrogens with zero attached hydrogens (tertiary/aromatic N) is 3. The molecule has 6 aromatic carbocycles. The van der Waals surface area contributed by atoms with Crippen molar-refractivity contribution in [1.82, 2.24) is 20.0 Å². The Balaban J connectivity index is 0.000000225. The van der Waals surface area contributed by atoms with Gasteiger partial charge in [0.05, 0.1) is 17.4 Å². The summed E-state index contributed by atoms with van der Waals surface area (Å²) in [6.45, 7) is 25.9. The molecule has 0 spiro atoms. The molecule has 0 unspecified atom stereocenters. The van der Waals surface area contributed by atoms with Crippen molar-refractivity contribution in [3.8, 4) is 11.5 Å². The minimum absolute atomic E-state index is 0.00698. The maximum Gasteiger partial charge on any atom is 0.410 e. The summed E-state index contributed by atoms with van der Waals surface area (Å²) in [6.07, 6.45) is 4.96. The second-order valence-electron chi connectivity index (χ2n) is 28.2. The van der Waals surface area contributed by atoms with E-state index in [1.807, 2.05) is 184 Å². The van der Waals surface area contributed by atoms with Gasteiger partial charge in [-0.15, -0.1) is 0 Å². The average Bonchev–Trinajstić information content (AvgIpc) is 0.828. The van der Waals surface area contributed by atoms with Gasteiger partial charge >= 0.3 is 18.2 Å². The predicted molar refractivity (Wildman–Crippen MR) is 396 cm³/mol. The van der Waals surface area contributed by atoms with E-state index >= 15 is 0 Å². The summed E-state index contributed by atoms with van der Waals surface area (Å²) in [5, 5.41) is 22.0. The molecule has 10 rings (SSSR count). The van der Waals surface area contributed by atoms with Crippen LogP contribution in [0.4, 0.5) is 41.1 Å². The number of alkyl halides is 1. The number of anilines is 4. The third kappa shape index (κ3) is 28.9. The van der Waals surface area contributed by atoms with Gasteiger partial charge < -0.3 is 60.9 Å². The summed E-state index contributed by atoms with van der Waals surface area (Å²) >= 11 is 3.18. The Kier molecular flexibility index (Phi) is 32.8. The largest absolute Gasteiger partial charge is 0.490 e. The number of carbonyl (C=O) groups is 6. The highest BCUT2D eigenvalue weighted by Gasteiger charge is 2.41. The number of likely N-dealkylation sites (tertiary alicyclic amines) is 3. The first-order valence-electron chi connectivity index (χ1n) is 34.2. The van der Waals surface area contributed by atoms with Crippen LogP contribution in [0.1, 0.15) is 121 Å². The van der Waals surface area contributed by atoms with Crippen molar-refractivity contribution in [2.75, 3.05) is 99.1 Å². The quantitative estimate of drug-likeness (QED) is 0.0439. The van der Waals surface area contributed by atoms with Crippen molar-refractivity contribution >= 4 is 74.6 Å². The predicted octanol–water partition coefficient (Wildman–Crippen LogP) is 15.6. The molecule has 0 atom stereocenters. The number of carboxylic acid groups (broad SMARTS) is 1. The fourth-order valence-corrected chi connectivity index (χ4v) is 10.7. The maximum atomic E-state index is 13.5. The molecule has 0 aliphatic carbocycles. The molecule has 4 saturated heterocycles. The number of halogens is 3. The molecule has 100 heavy (non-hydrogen) atoms. The molecule has 7 N–H and O–H groups in total. The molecule has 0 saturated carbocycles.